The molecule has 0 bridgehead atoms. The molecule has 1 aromatic rings. The van der Waals surface area contributed by atoms with E-state index in [9.17, 15) is 17.2 Å². The van der Waals surface area contributed by atoms with Crippen molar-refractivity contribution in [3.05, 3.63) is 18.2 Å². The Kier molecular flexibility index (Phi) is 5.25. The number of alkyl halides is 2. The first-order valence-corrected chi connectivity index (χ1v) is 8.15. The number of hydrogen-bond acceptors (Lipinski definition) is 4. The maximum absolute atomic E-state index is 12.7. The molecule has 1 aliphatic heterocycles. The average Bonchev–Trinajstić information content (AvgIpc) is 2.87. The molecule has 1 aromatic heterocycles. The van der Waals surface area contributed by atoms with Gasteiger partial charge in [0, 0.05) is 45.1 Å². The monoisotopic (exact) mass is 323 g/mol. The van der Waals surface area contributed by atoms with Gasteiger partial charge >= 0.3 is 6.55 Å². The average molecular weight is 323 g/mol. The van der Waals surface area contributed by atoms with Crippen LogP contribution in [0.15, 0.2) is 12.4 Å². The molecule has 10 heteroatoms. The SMILES string of the molecule is CCNS(=O)(=O)N1CCN(Cc2nccn2C(F)F)CC1. The van der Waals surface area contributed by atoms with Crippen molar-refractivity contribution in [3.8, 4) is 0 Å². The Balaban J connectivity index is 1.91. The summed E-state index contributed by atoms with van der Waals surface area (Å²) >= 11 is 0. The van der Waals surface area contributed by atoms with Crippen LogP contribution in [0.1, 0.15) is 19.3 Å². The van der Waals surface area contributed by atoms with Crippen molar-refractivity contribution >= 4 is 10.2 Å². The van der Waals surface area contributed by atoms with E-state index in [4.69, 9.17) is 0 Å². The van der Waals surface area contributed by atoms with E-state index < -0.39 is 16.8 Å². The predicted molar refractivity (Wildman–Crippen MR) is 72.9 cm³/mol. The quantitative estimate of drug-likeness (QED) is 0.815. The van der Waals surface area contributed by atoms with Gasteiger partial charge in [0.15, 0.2) is 0 Å². The van der Waals surface area contributed by atoms with Crippen molar-refractivity contribution < 1.29 is 17.2 Å². The normalized spacial score (nSPS) is 18.5. The molecule has 0 spiro atoms. The fourth-order valence-corrected chi connectivity index (χ4v) is 3.44. The molecule has 120 valence electrons. The summed E-state index contributed by atoms with van der Waals surface area (Å²) in [5.74, 6) is 0.285. The van der Waals surface area contributed by atoms with Crippen LogP contribution in [0, 0.1) is 0 Å². The van der Waals surface area contributed by atoms with Crippen molar-refractivity contribution in [2.45, 2.75) is 20.0 Å². The maximum atomic E-state index is 12.7. The molecule has 1 aliphatic rings. The van der Waals surface area contributed by atoms with Crippen LogP contribution in [-0.2, 0) is 16.8 Å². The van der Waals surface area contributed by atoms with Gasteiger partial charge in [-0.05, 0) is 0 Å². The summed E-state index contributed by atoms with van der Waals surface area (Å²) in [5, 5.41) is 0. The Morgan fingerprint density at radius 2 is 2.00 bits per heavy atom. The van der Waals surface area contributed by atoms with Crippen LogP contribution in [-0.4, -0.2) is 59.9 Å². The zero-order valence-electron chi connectivity index (χ0n) is 11.7. The molecule has 0 unspecified atom stereocenters. The summed E-state index contributed by atoms with van der Waals surface area (Å²) in [6, 6.07) is 0. The van der Waals surface area contributed by atoms with Crippen molar-refractivity contribution in [1.82, 2.24) is 23.5 Å². The molecule has 2 rings (SSSR count). The molecule has 0 atom stereocenters. The van der Waals surface area contributed by atoms with Crippen molar-refractivity contribution in [2.24, 2.45) is 0 Å². The molecule has 2 heterocycles. The zero-order chi connectivity index (χ0) is 15.5. The first kappa shape index (κ1) is 16.3. The Hall–Kier alpha value is -1.10. The fourth-order valence-electron chi connectivity index (χ4n) is 2.25. The van der Waals surface area contributed by atoms with Crippen LogP contribution < -0.4 is 4.72 Å². The van der Waals surface area contributed by atoms with E-state index in [1.807, 2.05) is 4.90 Å². The van der Waals surface area contributed by atoms with Gasteiger partial charge in [-0.3, -0.25) is 9.47 Å². The van der Waals surface area contributed by atoms with Gasteiger partial charge in [0.05, 0.1) is 6.54 Å². The van der Waals surface area contributed by atoms with Gasteiger partial charge in [0.25, 0.3) is 10.2 Å². The Morgan fingerprint density at radius 3 is 2.57 bits per heavy atom. The molecule has 0 radical (unpaired) electrons. The van der Waals surface area contributed by atoms with Crippen LogP contribution in [0.25, 0.3) is 0 Å². The summed E-state index contributed by atoms with van der Waals surface area (Å²) in [7, 11) is -3.42. The smallest absolute Gasteiger partial charge is 0.293 e. The number of imidazole rings is 1. The minimum atomic E-state index is -3.42. The molecule has 1 saturated heterocycles. The minimum Gasteiger partial charge on any atom is -0.293 e. The largest absolute Gasteiger partial charge is 0.319 e. The number of nitrogens with zero attached hydrogens (tertiary/aromatic N) is 4. The summed E-state index contributed by atoms with van der Waals surface area (Å²) in [5.41, 5.74) is 0. The highest BCUT2D eigenvalue weighted by Gasteiger charge is 2.27. The molecule has 0 saturated carbocycles. The standard InChI is InChI=1S/C11H19F2N5O2S/c1-2-15-21(19,20)17-7-5-16(6-8-17)9-10-14-3-4-18(10)11(12)13/h3-4,11,15H,2,5-9H2,1H3. The van der Waals surface area contributed by atoms with Gasteiger partial charge < -0.3 is 0 Å². The molecular formula is C11H19F2N5O2S. The first-order chi connectivity index (χ1) is 9.94. The van der Waals surface area contributed by atoms with E-state index in [2.05, 4.69) is 9.71 Å². The molecule has 21 heavy (non-hydrogen) atoms. The Bertz CT molecular complexity index is 555. The van der Waals surface area contributed by atoms with E-state index in [1.165, 1.54) is 16.7 Å². The third kappa shape index (κ3) is 3.96. The van der Waals surface area contributed by atoms with Crippen molar-refractivity contribution in [2.75, 3.05) is 32.7 Å². The van der Waals surface area contributed by atoms with Crippen LogP contribution in [0.5, 0.6) is 0 Å². The topological polar surface area (TPSA) is 70.5 Å². The lowest BCUT2D eigenvalue weighted by Gasteiger charge is -2.33. The van der Waals surface area contributed by atoms with Crippen LogP contribution >= 0.6 is 0 Å². The van der Waals surface area contributed by atoms with E-state index in [-0.39, 0.29) is 12.4 Å². The summed E-state index contributed by atoms with van der Waals surface area (Å²) in [6.45, 7) is 1.38. The predicted octanol–water partition coefficient (Wildman–Crippen LogP) is 0.250. The van der Waals surface area contributed by atoms with Crippen LogP contribution in [0.3, 0.4) is 0 Å². The number of aromatic nitrogens is 2. The van der Waals surface area contributed by atoms with Gasteiger partial charge in [0.2, 0.25) is 0 Å². The number of hydrogen-bond donors (Lipinski definition) is 1. The van der Waals surface area contributed by atoms with E-state index in [0.29, 0.717) is 32.7 Å². The van der Waals surface area contributed by atoms with Gasteiger partial charge in [-0.15, -0.1) is 0 Å². The van der Waals surface area contributed by atoms with E-state index >= 15 is 0 Å². The highest BCUT2D eigenvalue weighted by molar-refractivity contribution is 7.87. The number of piperazine rings is 1. The maximum Gasteiger partial charge on any atom is 0.319 e. The molecule has 7 nitrogen and oxygen atoms in total. The lowest BCUT2D eigenvalue weighted by atomic mass is 10.3. The second kappa shape index (κ2) is 6.77. The second-order valence-electron chi connectivity index (χ2n) is 4.71. The van der Waals surface area contributed by atoms with E-state index in [1.54, 1.807) is 6.92 Å². The molecule has 0 aromatic carbocycles. The molecule has 0 aliphatic carbocycles. The van der Waals surface area contributed by atoms with Gasteiger partial charge in [-0.25, -0.2) is 9.71 Å². The molecule has 0 amide bonds. The zero-order valence-corrected chi connectivity index (χ0v) is 12.6. The van der Waals surface area contributed by atoms with Crippen LogP contribution in [0.2, 0.25) is 0 Å². The fraction of sp³-hybridized carbons (Fsp3) is 0.727. The van der Waals surface area contributed by atoms with Crippen LogP contribution in [0.4, 0.5) is 8.78 Å². The summed E-state index contributed by atoms with van der Waals surface area (Å²) < 4.78 is 53.7. The Labute approximate surface area is 122 Å². The highest BCUT2D eigenvalue weighted by atomic mass is 32.2. The second-order valence-corrected chi connectivity index (χ2v) is 6.46. The third-order valence-corrected chi connectivity index (χ3v) is 5.02. The first-order valence-electron chi connectivity index (χ1n) is 6.71. The highest BCUT2D eigenvalue weighted by Crippen LogP contribution is 2.15. The van der Waals surface area contributed by atoms with Gasteiger partial charge in [-0.1, -0.05) is 6.92 Å². The van der Waals surface area contributed by atoms with Crippen molar-refractivity contribution in [1.29, 1.82) is 0 Å². The van der Waals surface area contributed by atoms with E-state index in [0.717, 1.165) is 4.57 Å². The third-order valence-electron chi connectivity index (χ3n) is 3.32. The van der Waals surface area contributed by atoms with Gasteiger partial charge in [-0.2, -0.15) is 21.5 Å². The number of rotatable bonds is 6. The lowest BCUT2D eigenvalue weighted by molar-refractivity contribution is 0.0626. The molecule has 1 fully saturated rings. The molecule has 1 N–H and O–H groups in total. The minimum absolute atomic E-state index is 0.284. The van der Waals surface area contributed by atoms with Crippen molar-refractivity contribution in [3.63, 3.8) is 0 Å². The Morgan fingerprint density at radius 1 is 1.33 bits per heavy atom. The summed E-state index contributed by atoms with van der Waals surface area (Å²) in [4.78, 5) is 5.84. The lowest BCUT2D eigenvalue weighted by Crippen LogP contribution is -2.51. The molecular weight excluding hydrogens is 304 g/mol. The van der Waals surface area contributed by atoms with Gasteiger partial charge in [0.1, 0.15) is 5.82 Å². The summed E-state index contributed by atoms with van der Waals surface area (Å²) in [6.07, 6.45) is 2.58. The number of halogens is 2. The number of nitrogens with one attached hydrogen (secondary N) is 1.